The molecule has 3 heteroatoms. The summed E-state index contributed by atoms with van der Waals surface area (Å²) in [7, 11) is 0. The second-order valence-corrected chi connectivity index (χ2v) is 14.4. The predicted octanol–water partition coefficient (Wildman–Crippen LogP) is 13.6. The van der Waals surface area contributed by atoms with Crippen LogP contribution in [-0.4, -0.2) is 9.13 Å². The first-order valence-corrected chi connectivity index (χ1v) is 18.2. The van der Waals surface area contributed by atoms with E-state index in [1.54, 1.807) is 0 Å². The van der Waals surface area contributed by atoms with Crippen molar-refractivity contribution in [3.8, 4) is 33.6 Å². The maximum absolute atomic E-state index is 2.46. The minimum absolute atomic E-state index is 1.16. The van der Waals surface area contributed by atoms with Gasteiger partial charge in [-0.2, -0.15) is 0 Å². The second-order valence-electron chi connectivity index (χ2n) is 13.4. The summed E-state index contributed by atoms with van der Waals surface area (Å²) in [4.78, 5) is 0. The van der Waals surface area contributed by atoms with E-state index in [2.05, 4.69) is 191 Å². The molecule has 0 N–H and O–H groups in total. The largest absolute Gasteiger partial charge is 0.309 e. The van der Waals surface area contributed by atoms with Gasteiger partial charge in [0.2, 0.25) is 0 Å². The molecular formula is C48H30N2S. The van der Waals surface area contributed by atoms with Crippen LogP contribution >= 0.6 is 11.3 Å². The van der Waals surface area contributed by atoms with E-state index in [1.807, 2.05) is 11.3 Å². The average molecular weight is 667 g/mol. The Kier molecular flexibility index (Phi) is 6.16. The fourth-order valence-corrected chi connectivity index (χ4v) is 9.24. The number of hydrogen-bond acceptors (Lipinski definition) is 1. The van der Waals surface area contributed by atoms with Gasteiger partial charge in [0.15, 0.2) is 0 Å². The van der Waals surface area contributed by atoms with Crippen molar-refractivity contribution >= 4 is 75.1 Å². The quantitative estimate of drug-likeness (QED) is 0.177. The van der Waals surface area contributed by atoms with Crippen molar-refractivity contribution in [2.75, 3.05) is 0 Å². The summed E-state index contributed by atoms with van der Waals surface area (Å²) in [6.45, 7) is 0. The highest BCUT2D eigenvalue weighted by atomic mass is 32.1. The van der Waals surface area contributed by atoms with Crippen LogP contribution in [0.2, 0.25) is 0 Å². The molecule has 0 atom stereocenters. The van der Waals surface area contributed by atoms with Crippen molar-refractivity contribution in [3.05, 3.63) is 182 Å². The van der Waals surface area contributed by atoms with Gasteiger partial charge in [-0.3, -0.25) is 0 Å². The predicted molar refractivity (Wildman–Crippen MR) is 219 cm³/mol. The van der Waals surface area contributed by atoms with E-state index in [9.17, 15) is 0 Å². The first kappa shape index (κ1) is 28.4. The molecule has 238 valence electrons. The smallest absolute Gasteiger partial charge is 0.0548 e. The van der Waals surface area contributed by atoms with Gasteiger partial charge >= 0.3 is 0 Å². The number of nitrogens with zero attached hydrogens (tertiary/aromatic N) is 2. The van der Waals surface area contributed by atoms with Crippen LogP contribution < -0.4 is 0 Å². The molecule has 2 nitrogen and oxygen atoms in total. The highest BCUT2D eigenvalue weighted by molar-refractivity contribution is 7.25. The van der Waals surface area contributed by atoms with E-state index in [1.165, 1.54) is 91.7 Å². The molecule has 3 aromatic heterocycles. The van der Waals surface area contributed by atoms with Crippen LogP contribution in [0.1, 0.15) is 0 Å². The van der Waals surface area contributed by atoms with Gasteiger partial charge in [0, 0.05) is 53.1 Å². The van der Waals surface area contributed by atoms with Gasteiger partial charge in [-0.25, -0.2) is 0 Å². The Bertz CT molecular complexity index is 3120. The van der Waals surface area contributed by atoms with Crippen molar-refractivity contribution < 1.29 is 0 Å². The van der Waals surface area contributed by atoms with E-state index >= 15 is 0 Å². The highest BCUT2D eigenvalue weighted by Gasteiger charge is 2.19. The number of rotatable bonds is 4. The molecule has 11 rings (SSSR count). The maximum atomic E-state index is 2.46. The van der Waals surface area contributed by atoms with Crippen molar-refractivity contribution in [1.82, 2.24) is 9.13 Å². The summed E-state index contributed by atoms with van der Waals surface area (Å²) in [5.41, 5.74) is 12.1. The van der Waals surface area contributed by atoms with Gasteiger partial charge in [-0.15, -0.1) is 11.3 Å². The molecule has 0 aliphatic carbocycles. The van der Waals surface area contributed by atoms with E-state index in [-0.39, 0.29) is 0 Å². The lowest BCUT2D eigenvalue weighted by molar-refractivity contribution is 1.18. The van der Waals surface area contributed by atoms with Crippen molar-refractivity contribution in [2.45, 2.75) is 0 Å². The molecule has 0 fully saturated rings. The summed E-state index contributed by atoms with van der Waals surface area (Å²) in [5, 5.41) is 7.65. The van der Waals surface area contributed by atoms with E-state index in [0.717, 1.165) is 5.69 Å². The van der Waals surface area contributed by atoms with Crippen LogP contribution in [0.5, 0.6) is 0 Å². The summed E-state index contributed by atoms with van der Waals surface area (Å²) < 4.78 is 7.55. The van der Waals surface area contributed by atoms with Crippen LogP contribution in [0.3, 0.4) is 0 Å². The number of aromatic nitrogens is 2. The van der Waals surface area contributed by atoms with Crippen LogP contribution in [0, 0.1) is 0 Å². The van der Waals surface area contributed by atoms with E-state index in [4.69, 9.17) is 0 Å². The van der Waals surface area contributed by atoms with Gasteiger partial charge in [-0.05, 0) is 82.9 Å². The fraction of sp³-hybridized carbons (Fsp3) is 0. The third kappa shape index (κ3) is 4.35. The van der Waals surface area contributed by atoms with Crippen LogP contribution in [0.25, 0.3) is 97.4 Å². The third-order valence-electron chi connectivity index (χ3n) is 10.5. The molecule has 0 unspecified atom stereocenters. The second kappa shape index (κ2) is 11.0. The average Bonchev–Trinajstić information content (AvgIpc) is 3.84. The molecule has 0 saturated carbocycles. The molecule has 51 heavy (non-hydrogen) atoms. The van der Waals surface area contributed by atoms with Crippen LogP contribution in [0.15, 0.2) is 182 Å². The Balaban J connectivity index is 1.12. The Morgan fingerprint density at radius 2 is 0.784 bits per heavy atom. The van der Waals surface area contributed by atoms with E-state index in [0.29, 0.717) is 0 Å². The van der Waals surface area contributed by atoms with Crippen molar-refractivity contribution in [2.24, 2.45) is 0 Å². The highest BCUT2D eigenvalue weighted by Crippen LogP contribution is 2.41. The van der Waals surface area contributed by atoms with Gasteiger partial charge in [0.25, 0.3) is 0 Å². The third-order valence-corrected chi connectivity index (χ3v) is 11.7. The molecular weight excluding hydrogens is 637 g/mol. The normalized spacial score (nSPS) is 11.9. The van der Waals surface area contributed by atoms with Crippen molar-refractivity contribution in [1.29, 1.82) is 0 Å². The summed E-state index contributed by atoms with van der Waals surface area (Å²) >= 11 is 1.87. The Morgan fingerprint density at radius 3 is 1.47 bits per heavy atom. The van der Waals surface area contributed by atoms with Crippen molar-refractivity contribution in [3.63, 3.8) is 0 Å². The summed E-state index contributed by atoms with van der Waals surface area (Å²) in [6, 6.07) is 66.7. The molecule has 0 aliphatic heterocycles. The lowest BCUT2D eigenvalue weighted by Crippen LogP contribution is -1.95. The Hall–Kier alpha value is -6.42. The number of fused-ring (bicyclic) bond motifs is 9. The SMILES string of the molecule is c1ccc(-c2ccc(-c3cccc(-n4c5ccccc5c5cc6c(cc54)c4ccccc4n6-c4ccc5sc6ccccc6c5c4)c3)cc2)cc1. The summed E-state index contributed by atoms with van der Waals surface area (Å²) in [6.07, 6.45) is 0. The molecule has 11 aromatic rings. The molecule has 8 aromatic carbocycles. The first-order valence-electron chi connectivity index (χ1n) is 17.4. The van der Waals surface area contributed by atoms with Gasteiger partial charge in [0.05, 0.1) is 22.1 Å². The monoisotopic (exact) mass is 666 g/mol. The molecule has 0 saturated heterocycles. The number of hydrogen-bond donors (Lipinski definition) is 0. The topological polar surface area (TPSA) is 9.86 Å². The minimum atomic E-state index is 1.16. The number of benzene rings is 8. The minimum Gasteiger partial charge on any atom is -0.309 e. The molecule has 0 spiro atoms. The standard InChI is InChI=1S/C48H30N2S/c1-2-11-31(12-3-1)32-21-23-33(24-22-32)34-13-10-14-35(27-34)49-43-18-7-4-15-37(43)40-30-46-41(29-45(40)49)38-16-5-8-19-44(38)50(46)36-25-26-48-42(28-36)39-17-6-9-20-47(39)51-48/h1-30H. The fourth-order valence-electron chi connectivity index (χ4n) is 8.15. The van der Waals surface area contributed by atoms with Gasteiger partial charge in [0.1, 0.15) is 0 Å². The molecule has 0 bridgehead atoms. The Morgan fingerprint density at radius 1 is 0.275 bits per heavy atom. The lowest BCUT2D eigenvalue weighted by Gasteiger charge is -2.11. The van der Waals surface area contributed by atoms with Crippen LogP contribution in [0.4, 0.5) is 0 Å². The zero-order chi connectivity index (χ0) is 33.5. The number of para-hydroxylation sites is 2. The number of thiophene rings is 1. The molecule has 3 heterocycles. The van der Waals surface area contributed by atoms with Gasteiger partial charge < -0.3 is 9.13 Å². The maximum Gasteiger partial charge on any atom is 0.0548 e. The molecule has 0 amide bonds. The first-order chi connectivity index (χ1) is 25.3. The van der Waals surface area contributed by atoms with E-state index < -0.39 is 0 Å². The zero-order valence-corrected chi connectivity index (χ0v) is 28.4. The molecule has 0 aliphatic rings. The lowest BCUT2D eigenvalue weighted by atomic mass is 10.00. The summed E-state index contributed by atoms with van der Waals surface area (Å²) in [5.74, 6) is 0. The molecule has 0 radical (unpaired) electrons. The van der Waals surface area contributed by atoms with Gasteiger partial charge in [-0.1, -0.05) is 121 Å². The Labute approximate surface area is 298 Å². The van der Waals surface area contributed by atoms with Crippen LogP contribution in [-0.2, 0) is 0 Å². The zero-order valence-electron chi connectivity index (χ0n) is 27.6.